The minimum atomic E-state index is -4.93. The maximum Gasteiger partial charge on any atom is 0.416 e. The lowest BCUT2D eigenvalue weighted by Crippen LogP contribution is -2.60. The average Bonchev–Trinajstić information content (AvgIpc) is 2.83. The van der Waals surface area contributed by atoms with Crippen molar-refractivity contribution in [3.8, 4) is 0 Å². The molecule has 5 atom stereocenters. The molecule has 2 saturated heterocycles. The molecule has 4 rings (SSSR count). The fraction of sp³-hybridized carbons (Fsp3) is 0.444. The van der Waals surface area contributed by atoms with E-state index < -0.39 is 29.6 Å². The highest BCUT2D eigenvalue weighted by Gasteiger charge is 2.42. The number of carbonyl (C=O) groups is 1. The molecule has 2 aromatic carbocycles. The topological polar surface area (TPSA) is 32.8 Å². The third-order valence-corrected chi connectivity index (χ3v) is 7.09. The van der Waals surface area contributed by atoms with E-state index in [2.05, 4.69) is 4.90 Å². The first kappa shape index (κ1) is 27.0. The van der Waals surface area contributed by atoms with Crippen LogP contribution in [0.15, 0.2) is 60.9 Å². The fourth-order valence-electron chi connectivity index (χ4n) is 5.31. The molecule has 2 heterocycles. The van der Waals surface area contributed by atoms with Crippen molar-refractivity contribution in [2.45, 2.75) is 50.8 Å². The Morgan fingerprint density at radius 3 is 2.19 bits per heavy atom. The van der Waals surface area contributed by atoms with Crippen LogP contribution < -0.4 is 0 Å². The van der Waals surface area contributed by atoms with Crippen LogP contribution in [0.1, 0.15) is 54.7 Å². The molecule has 0 aromatic heterocycles. The number of piperidine rings is 1. The summed E-state index contributed by atoms with van der Waals surface area (Å²) in [4.78, 5) is 16.3. The van der Waals surface area contributed by atoms with E-state index in [9.17, 15) is 31.1 Å². The predicted octanol–water partition coefficient (Wildman–Crippen LogP) is 6.61. The van der Waals surface area contributed by atoms with Gasteiger partial charge in [0.2, 0.25) is 5.91 Å². The van der Waals surface area contributed by atoms with E-state index in [-0.39, 0.29) is 35.5 Å². The molecule has 200 valence electrons. The zero-order valence-corrected chi connectivity index (χ0v) is 20.4. The Hall–Kier alpha value is -3.01. The van der Waals surface area contributed by atoms with E-state index in [0.717, 1.165) is 12.1 Å². The monoisotopic (exact) mass is 526 g/mol. The second-order valence-corrected chi connectivity index (χ2v) is 9.56. The molecule has 1 amide bonds. The van der Waals surface area contributed by atoms with Gasteiger partial charge in [0.1, 0.15) is 6.10 Å². The second-order valence-electron chi connectivity index (χ2n) is 9.56. The first-order valence-corrected chi connectivity index (χ1v) is 12.0. The summed E-state index contributed by atoms with van der Waals surface area (Å²) in [5, 5.41) is 0. The largest absolute Gasteiger partial charge is 0.494 e. The number of hydrogen-bond donors (Lipinski definition) is 0. The first-order valence-electron chi connectivity index (χ1n) is 12.0. The molecular formula is C27H28F6N2O2. The third-order valence-electron chi connectivity index (χ3n) is 7.09. The van der Waals surface area contributed by atoms with E-state index in [1.54, 1.807) is 13.0 Å². The van der Waals surface area contributed by atoms with Crippen molar-refractivity contribution in [2.24, 2.45) is 5.92 Å². The van der Waals surface area contributed by atoms with Gasteiger partial charge in [-0.3, -0.25) is 9.69 Å². The smallest absolute Gasteiger partial charge is 0.416 e. The molecule has 0 radical (unpaired) electrons. The molecule has 10 heteroatoms. The Bertz CT molecular complexity index is 1100. The van der Waals surface area contributed by atoms with Gasteiger partial charge in [0.05, 0.1) is 17.4 Å². The SMILES string of the molecule is CC(=O)N1CCN2C[C@@H]1CC(C=CO[C@H](C)c1cc(C(F)(F)F)cc(C(F)(F)F)c1)[C@H]2c1ccccc1. The summed E-state index contributed by atoms with van der Waals surface area (Å²) in [7, 11) is 0. The molecule has 37 heavy (non-hydrogen) atoms. The maximum absolute atomic E-state index is 13.2. The van der Waals surface area contributed by atoms with Gasteiger partial charge in [-0.1, -0.05) is 30.3 Å². The molecule has 2 aliphatic heterocycles. The molecule has 0 aliphatic carbocycles. The molecule has 0 spiro atoms. The number of amides is 1. The Morgan fingerprint density at radius 1 is 1.00 bits per heavy atom. The third kappa shape index (κ3) is 6.11. The summed E-state index contributed by atoms with van der Waals surface area (Å²) < 4.78 is 85.1. The van der Waals surface area contributed by atoms with Crippen LogP contribution >= 0.6 is 0 Å². The zero-order chi connectivity index (χ0) is 27.0. The number of fused-ring (bicyclic) bond motifs is 2. The Balaban J connectivity index is 1.57. The van der Waals surface area contributed by atoms with E-state index in [1.165, 1.54) is 13.2 Å². The van der Waals surface area contributed by atoms with Crippen molar-refractivity contribution >= 4 is 5.91 Å². The number of piperazine rings is 1. The summed E-state index contributed by atoms with van der Waals surface area (Å²) in [5.74, 6) is -0.0804. The zero-order valence-electron chi connectivity index (χ0n) is 20.4. The number of benzene rings is 2. The lowest BCUT2D eigenvalue weighted by atomic mass is 9.81. The summed E-state index contributed by atoms with van der Waals surface area (Å²) >= 11 is 0. The molecule has 2 aromatic rings. The van der Waals surface area contributed by atoms with Crippen LogP contribution in [0.3, 0.4) is 0 Å². The minimum Gasteiger partial charge on any atom is -0.494 e. The second kappa shape index (κ2) is 10.4. The number of alkyl halides is 6. The van der Waals surface area contributed by atoms with Crippen molar-refractivity contribution in [3.05, 3.63) is 83.1 Å². The van der Waals surface area contributed by atoms with Gasteiger partial charge in [0, 0.05) is 44.6 Å². The van der Waals surface area contributed by atoms with Gasteiger partial charge >= 0.3 is 12.4 Å². The van der Waals surface area contributed by atoms with Crippen LogP contribution in [0.5, 0.6) is 0 Å². The summed E-state index contributed by atoms with van der Waals surface area (Å²) in [6.07, 6.45) is -7.08. The van der Waals surface area contributed by atoms with Gasteiger partial charge < -0.3 is 9.64 Å². The molecular weight excluding hydrogens is 498 g/mol. The Kier molecular flexibility index (Phi) is 7.60. The lowest BCUT2D eigenvalue weighted by Gasteiger charge is -2.51. The highest BCUT2D eigenvalue weighted by atomic mass is 19.4. The highest BCUT2D eigenvalue weighted by molar-refractivity contribution is 5.73. The van der Waals surface area contributed by atoms with Crippen LogP contribution in [0, 0.1) is 5.92 Å². The molecule has 0 saturated carbocycles. The molecule has 2 fully saturated rings. The number of nitrogens with zero attached hydrogens (tertiary/aromatic N) is 2. The fourth-order valence-corrected chi connectivity index (χ4v) is 5.31. The van der Waals surface area contributed by atoms with Gasteiger partial charge in [-0.15, -0.1) is 0 Å². The van der Waals surface area contributed by atoms with Crippen LogP contribution in [0.2, 0.25) is 0 Å². The number of rotatable bonds is 5. The van der Waals surface area contributed by atoms with Crippen LogP contribution in [0.4, 0.5) is 26.3 Å². The summed E-state index contributed by atoms with van der Waals surface area (Å²) in [6, 6.07) is 11.3. The molecule has 2 aliphatic rings. The van der Waals surface area contributed by atoms with Crippen LogP contribution in [0.25, 0.3) is 0 Å². The van der Waals surface area contributed by atoms with Crippen molar-refractivity contribution in [1.29, 1.82) is 0 Å². The van der Waals surface area contributed by atoms with E-state index in [4.69, 9.17) is 4.74 Å². The number of ether oxygens (including phenoxy) is 1. The number of halogens is 6. The van der Waals surface area contributed by atoms with Gasteiger partial charge in [0.15, 0.2) is 0 Å². The normalized spacial score (nSPS) is 25.2. The van der Waals surface area contributed by atoms with Crippen LogP contribution in [-0.2, 0) is 21.9 Å². The quantitative estimate of drug-likeness (QED) is 0.325. The summed E-state index contributed by atoms with van der Waals surface area (Å²) in [5.41, 5.74) is -1.89. The van der Waals surface area contributed by atoms with E-state index in [1.807, 2.05) is 35.2 Å². The van der Waals surface area contributed by atoms with Gasteiger partial charge in [-0.2, -0.15) is 26.3 Å². The van der Waals surface area contributed by atoms with Gasteiger partial charge in [-0.05, 0) is 48.7 Å². The number of carbonyl (C=O) groups excluding carboxylic acids is 1. The van der Waals surface area contributed by atoms with E-state index in [0.29, 0.717) is 31.6 Å². The minimum absolute atomic E-state index is 0.000396. The van der Waals surface area contributed by atoms with Gasteiger partial charge in [0.25, 0.3) is 0 Å². The standard InChI is InChI=1S/C27H28F6N2O2/c1-17(21-12-22(26(28,29)30)15-23(13-21)27(31,32)33)37-11-8-20-14-24-16-34(9-10-35(24)18(2)36)25(20)19-6-4-3-5-7-19/h3-8,11-13,15,17,20,24-25H,9-10,14,16H2,1-2H3/t17-,20?,24+,25-/m1/s1. The Morgan fingerprint density at radius 2 is 1.62 bits per heavy atom. The highest BCUT2D eigenvalue weighted by Crippen LogP contribution is 2.41. The van der Waals surface area contributed by atoms with Crippen LogP contribution in [-0.4, -0.2) is 41.4 Å². The van der Waals surface area contributed by atoms with Crippen molar-refractivity contribution < 1.29 is 35.9 Å². The predicted molar refractivity (Wildman–Crippen MR) is 125 cm³/mol. The van der Waals surface area contributed by atoms with Crippen molar-refractivity contribution in [3.63, 3.8) is 0 Å². The number of hydrogen-bond acceptors (Lipinski definition) is 3. The molecule has 2 bridgehead atoms. The first-order chi connectivity index (χ1) is 17.3. The van der Waals surface area contributed by atoms with E-state index >= 15 is 0 Å². The summed E-state index contributed by atoms with van der Waals surface area (Å²) in [6.45, 7) is 5.00. The molecule has 0 N–H and O–H groups in total. The van der Waals surface area contributed by atoms with Crippen molar-refractivity contribution in [2.75, 3.05) is 19.6 Å². The molecule has 4 nitrogen and oxygen atoms in total. The molecule has 2 unspecified atom stereocenters. The Labute approximate surface area is 211 Å². The average molecular weight is 527 g/mol. The lowest BCUT2D eigenvalue weighted by molar-refractivity contribution is -0.143. The van der Waals surface area contributed by atoms with Gasteiger partial charge in [-0.25, -0.2) is 0 Å². The maximum atomic E-state index is 13.2. The van der Waals surface area contributed by atoms with Crippen molar-refractivity contribution in [1.82, 2.24) is 9.80 Å².